The van der Waals surface area contributed by atoms with Crippen molar-refractivity contribution >= 4 is 5.91 Å². The highest BCUT2D eigenvalue weighted by atomic mass is 19.4. The molecule has 2 aromatic rings. The molecule has 0 aromatic carbocycles. The molecule has 2 aromatic heterocycles. The largest absolute Gasteiger partial charge is 0.421 e. The number of carbonyl (C=O) groups is 1. The average molecular weight is 370 g/mol. The van der Waals surface area contributed by atoms with Crippen molar-refractivity contribution in [2.45, 2.75) is 37.9 Å². The Bertz CT molecular complexity index is 855. The Morgan fingerprint density at radius 2 is 2.15 bits per heavy atom. The monoisotopic (exact) mass is 370 g/mol. The molecule has 0 unspecified atom stereocenters. The van der Waals surface area contributed by atoms with E-state index in [1.54, 1.807) is 0 Å². The van der Waals surface area contributed by atoms with Crippen molar-refractivity contribution in [2.75, 3.05) is 13.6 Å². The van der Waals surface area contributed by atoms with E-state index in [2.05, 4.69) is 10.1 Å². The van der Waals surface area contributed by atoms with E-state index in [-0.39, 0.29) is 6.54 Å². The number of halogens is 3. The molecule has 3 rings (SSSR count). The first-order valence-electron chi connectivity index (χ1n) is 8.09. The van der Waals surface area contributed by atoms with Crippen molar-refractivity contribution < 1.29 is 22.5 Å². The zero-order chi connectivity index (χ0) is 18.9. The Kier molecular flexibility index (Phi) is 4.84. The number of likely N-dealkylation sites (N-methyl/N-ethyl adjacent to an activating group) is 1. The lowest BCUT2D eigenvalue weighted by Crippen LogP contribution is -2.36. The summed E-state index contributed by atoms with van der Waals surface area (Å²) < 4.78 is 44.2. The standard InChI is InChI=1S/C16H17F3N4O3/c1-22(8-6-12-20-14(26-21-12)10-4-5-10)13(24)9-23-7-2-3-11(15(23)25)16(17,18)19/h2-3,7,10H,4-6,8-9H2,1H3. The number of nitrogens with zero attached hydrogens (tertiary/aromatic N) is 4. The molecule has 1 aliphatic carbocycles. The second-order valence-corrected chi connectivity index (χ2v) is 6.24. The summed E-state index contributed by atoms with van der Waals surface area (Å²) in [4.78, 5) is 29.6. The molecule has 1 fully saturated rings. The van der Waals surface area contributed by atoms with Crippen molar-refractivity contribution in [3.8, 4) is 0 Å². The van der Waals surface area contributed by atoms with Gasteiger partial charge in [-0.15, -0.1) is 0 Å². The summed E-state index contributed by atoms with van der Waals surface area (Å²) in [6.45, 7) is -0.213. The number of pyridine rings is 1. The summed E-state index contributed by atoms with van der Waals surface area (Å²) in [5.41, 5.74) is -2.54. The van der Waals surface area contributed by atoms with E-state index in [1.165, 1.54) is 11.9 Å². The van der Waals surface area contributed by atoms with E-state index in [0.29, 0.717) is 30.1 Å². The van der Waals surface area contributed by atoms with Gasteiger partial charge in [0.1, 0.15) is 12.1 Å². The smallest absolute Gasteiger partial charge is 0.344 e. The van der Waals surface area contributed by atoms with Crippen LogP contribution in [0.2, 0.25) is 0 Å². The molecule has 10 heteroatoms. The summed E-state index contributed by atoms with van der Waals surface area (Å²) in [5.74, 6) is 0.924. The molecule has 7 nitrogen and oxygen atoms in total. The van der Waals surface area contributed by atoms with Crippen LogP contribution in [-0.2, 0) is 23.9 Å². The van der Waals surface area contributed by atoms with Crippen LogP contribution in [-0.4, -0.2) is 39.1 Å². The third kappa shape index (κ3) is 4.12. The van der Waals surface area contributed by atoms with Crippen LogP contribution in [0, 0.1) is 0 Å². The molecule has 0 aliphatic heterocycles. The van der Waals surface area contributed by atoms with Gasteiger partial charge in [0.05, 0.1) is 0 Å². The molecule has 2 heterocycles. The molecule has 1 aliphatic rings. The zero-order valence-electron chi connectivity index (χ0n) is 14.0. The van der Waals surface area contributed by atoms with E-state index in [0.717, 1.165) is 29.7 Å². The fourth-order valence-electron chi connectivity index (χ4n) is 2.40. The second-order valence-electron chi connectivity index (χ2n) is 6.24. The van der Waals surface area contributed by atoms with Crippen molar-refractivity contribution in [3.63, 3.8) is 0 Å². The van der Waals surface area contributed by atoms with Crippen LogP contribution < -0.4 is 5.56 Å². The Morgan fingerprint density at radius 1 is 1.42 bits per heavy atom. The molecule has 0 bridgehead atoms. The summed E-state index contributed by atoms with van der Waals surface area (Å²) in [7, 11) is 1.50. The predicted octanol–water partition coefficient (Wildman–Crippen LogP) is 1.83. The number of alkyl halides is 3. The number of carbonyl (C=O) groups excluding carboxylic acids is 1. The number of hydrogen-bond donors (Lipinski definition) is 0. The summed E-state index contributed by atoms with van der Waals surface area (Å²) >= 11 is 0. The Labute approximate surface area is 146 Å². The van der Waals surface area contributed by atoms with Gasteiger partial charge in [-0.3, -0.25) is 9.59 Å². The van der Waals surface area contributed by atoms with Gasteiger partial charge in [0, 0.05) is 32.1 Å². The quantitative estimate of drug-likeness (QED) is 0.775. The molecular formula is C16H17F3N4O3. The van der Waals surface area contributed by atoms with E-state index in [9.17, 15) is 22.8 Å². The van der Waals surface area contributed by atoms with Gasteiger partial charge >= 0.3 is 6.18 Å². The van der Waals surface area contributed by atoms with E-state index < -0.39 is 29.8 Å². The first kappa shape index (κ1) is 18.2. The van der Waals surface area contributed by atoms with Gasteiger partial charge in [0.2, 0.25) is 11.8 Å². The van der Waals surface area contributed by atoms with Gasteiger partial charge in [-0.1, -0.05) is 5.16 Å². The number of amides is 1. The van der Waals surface area contributed by atoms with Gasteiger partial charge < -0.3 is 14.0 Å². The van der Waals surface area contributed by atoms with Crippen LogP contribution in [0.4, 0.5) is 13.2 Å². The maximum absolute atomic E-state index is 12.8. The average Bonchev–Trinajstić information content (AvgIpc) is 3.32. The van der Waals surface area contributed by atoms with E-state index in [4.69, 9.17) is 4.52 Å². The van der Waals surface area contributed by atoms with Crippen LogP contribution in [0.3, 0.4) is 0 Å². The summed E-state index contributed by atoms with van der Waals surface area (Å²) in [5, 5.41) is 3.84. The molecule has 26 heavy (non-hydrogen) atoms. The Hall–Kier alpha value is -2.65. The fourth-order valence-corrected chi connectivity index (χ4v) is 2.40. The van der Waals surface area contributed by atoms with Gasteiger partial charge in [-0.25, -0.2) is 0 Å². The van der Waals surface area contributed by atoms with Crippen LogP contribution in [0.15, 0.2) is 27.6 Å². The minimum absolute atomic E-state index is 0.260. The van der Waals surface area contributed by atoms with Crippen molar-refractivity contribution in [2.24, 2.45) is 0 Å². The van der Waals surface area contributed by atoms with Gasteiger partial charge in [0.25, 0.3) is 5.56 Å². The van der Waals surface area contributed by atoms with E-state index in [1.807, 2.05) is 0 Å². The Morgan fingerprint density at radius 3 is 2.81 bits per heavy atom. The van der Waals surface area contributed by atoms with Gasteiger partial charge in [-0.05, 0) is 25.0 Å². The Balaban J connectivity index is 1.59. The highest BCUT2D eigenvalue weighted by Crippen LogP contribution is 2.38. The minimum Gasteiger partial charge on any atom is -0.344 e. The van der Waals surface area contributed by atoms with Crippen molar-refractivity contribution in [1.29, 1.82) is 0 Å². The maximum atomic E-state index is 12.8. The molecule has 1 saturated carbocycles. The lowest BCUT2D eigenvalue weighted by Gasteiger charge is -2.17. The van der Waals surface area contributed by atoms with Crippen LogP contribution in [0.25, 0.3) is 0 Å². The molecule has 0 atom stereocenters. The zero-order valence-corrected chi connectivity index (χ0v) is 14.0. The van der Waals surface area contributed by atoms with Crippen LogP contribution in [0.1, 0.15) is 36.0 Å². The topological polar surface area (TPSA) is 81.2 Å². The van der Waals surface area contributed by atoms with Gasteiger partial charge in [-0.2, -0.15) is 18.2 Å². The first-order chi connectivity index (χ1) is 12.3. The molecule has 1 amide bonds. The normalized spacial score (nSPS) is 14.5. The molecule has 0 saturated heterocycles. The second kappa shape index (κ2) is 6.93. The van der Waals surface area contributed by atoms with E-state index >= 15 is 0 Å². The third-order valence-electron chi connectivity index (χ3n) is 4.14. The van der Waals surface area contributed by atoms with Crippen LogP contribution in [0.5, 0.6) is 0 Å². The maximum Gasteiger partial charge on any atom is 0.421 e. The fraction of sp³-hybridized carbons (Fsp3) is 0.500. The summed E-state index contributed by atoms with van der Waals surface area (Å²) in [6, 6.07) is 1.79. The molecule has 0 N–H and O–H groups in total. The van der Waals surface area contributed by atoms with Crippen molar-refractivity contribution in [3.05, 3.63) is 46.0 Å². The minimum atomic E-state index is -4.76. The SMILES string of the molecule is CN(CCc1noc(C2CC2)n1)C(=O)Cn1cccc(C(F)(F)F)c1=O. The molecule has 140 valence electrons. The third-order valence-corrected chi connectivity index (χ3v) is 4.14. The molecule has 0 spiro atoms. The van der Waals surface area contributed by atoms with Crippen LogP contribution >= 0.6 is 0 Å². The lowest BCUT2D eigenvalue weighted by atomic mass is 10.2. The highest BCUT2D eigenvalue weighted by molar-refractivity contribution is 5.75. The number of hydrogen-bond acceptors (Lipinski definition) is 5. The van der Waals surface area contributed by atoms with Gasteiger partial charge in [0.15, 0.2) is 5.82 Å². The number of aromatic nitrogens is 3. The van der Waals surface area contributed by atoms with Crippen molar-refractivity contribution in [1.82, 2.24) is 19.6 Å². The summed E-state index contributed by atoms with van der Waals surface area (Å²) in [6.07, 6.45) is -1.18. The highest BCUT2D eigenvalue weighted by Gasteiger charge is 2.34. The molecular weight excluding hydrogens is 353 g/mol. The predicted molar refractivity (Wildman–Crippen MR) is 83.3 cm³/mol. The first-order valence-corrected chi connectivity index (χ1v) is 8.09. The molecule has 0 radical (unpaired) electrons. The lowest BCUT2D eigenvalue weighted by molar-refractivity contribution is -0.139. The number of rotatable bonds is 6.